The molecule has 1 N–H and O–H groups in total. The van der Waals surface area contributed by atoms with Crippen molar-refractivity contribution in [2.24, 2.45) is 0 Å². The zero-order valence-corrected chi connectivity index (χ0v) is 17.5. The van der Waals surface area contributed by atoms with E-state index < -0.39 is 0 Å². The average Bonchev–Trinajstić information content (AvgIpc) is 2.72. The summed E-state index contributed by atoms with van der Waals surface area (Å²) in [5, 5.41) is 3.55. The second kappa shape index (κ2) is 10.4. The first-order valence-corrected chi connectivity index (χ1v) is 10.6. The number of hydrogen-bond donors (Lipinski definition) is 1. The van der Waals surface area contributed by atoms with Crippen LogP contribution in [0, 0.1) is 0 Å². The standard InChI is InChI=1S/C24H34N2O2/c1-4-8-22-18-26(23-9-5-6-10-24(23)28-22)16-7-15-25-21-13-11-20(12-14-21)17-19(2)27-3/h5-6,9-14,19,22,25H,4,7-8,15-18H2,1-3H3/t19-,22?/m1/s1. The van der Waals surface area contributed by atoms with Crippen LogP contribution in [0.4, 0.5) is 11.4 Å². The highest BCUT2D eigenvalue weighted by Crippen LogP contribution is 2.34. The second-order valence-electron chi connectivity index (χ2n) is 7.67. The molecule has 28 heavy (non-hydrogen) atoms. The molecule has 0 amide bonds. The molecule has 0 saturated heterocycles. The number of anilines is 2. The van der Waals surface area contributed by atoms with Crippen molar-refractivity contribution in [1.29, 1.82) is 0 Å². The molecule has 1 unspecified atom stereocenters. The summed E-state index contributed by atoms with van der Waals surface area (Å²) in [5.74, 6) is 1.03. The van der Waals surface area contributed by atoms with Crippen LogP contribution in [0.25, 0.3) is 0 Å². The van der Waals surface area contributed by atoms with E-state index in [0.29, 0.717) is 6.10 Å². The lowest BCUT2D eigenvalue weighted by atomic mass is 10.1. The predicted molar refractivity (Wildman–Crippen MR) is 118 cm³/mol. The Balaban J connectivity index is 1.48. The molecule has 2 atom stereocenters. The van der Waals surface area contributed by atoms with E-state index in [0.717, 1.165) is 51.1 Å². The lowest BCUT2D eigenvalue weighted by Gasteiger charge is -2.36. The average molecular weight is 383 g/mol. The summed E-state index contributed by atoms with van der Waals surface area (Å²) in [5.41, 5.74) is 3.72. The van der Waals surface area contributed by atoms with Crippen molar-refractivity contribution in [2.45, 2.75) is 51.7 Å². The van der Waals surface area contributed by atoms with E-state index in [9.17, 15) is 0 Å². The van der Waals surface area contributed by atoms with Gasteiger partial charge in [0.2, 0.25) is 0 Å². The first-order chi connectivity index (χ1) is 13.7. The number of hydrogen-bond acceptors (Lipinski definition) is 4. The molecule has 0 spiro atoms. The van der Waals surface area contributed by atoms with Crippen LogP contribution in [-0.2, 0) is 11.2 Å². The Bertz CT molecular complexity index is 717. The number of nitrogens with one attached hydrogen (secondary N) is 1. The van der Waals surface area contributed by atoms with Gasteiger partial charge in [-0.05, 0) is 56.0 Å². The smallest absolute Gasteiger partial charge is 0.143 e. The minimum atomic E-state index is 0.256. The van der Waals surface area contributed by atoms with Gasteiger partial charge in [-0.1, -0.05) is 37.6 Å². The normalized spacial score (nSPS) is 17.0. The SMILES string of the molecule is CCCC1CN(CCCNc2ccc(C[C@@H](C)OC)cc2)c2ccccc2O1. The third-order valence-corrected chi connectivity index (χ3v) is 5.35. The van der Waals surface area contributed by atoms with Crippen molar-refractivity contribution in [1.82, 2.24) is 0 Å². The van der Waals surface area contributed by atoms with Crippen LogP contribution in [0.5, 0.6) is 5.75 Å². The second-order valence-corrected chi connectivity index (χ2v) is 7.67. The summed E-state index contributed by atoms with van der Waals surface area (Å²) < 4.78 is 11.5. The van der Waals surface area contributed by atoms with Gasteiger partial charge in [-0.2, -0.15) is 0 Å². The monoisotopic (exact) mass is 382 g/mol. The maximum absolute atomic E-state index is 6.16. The number of methoxy groups -OCH3 is 1. The van der Waals surface area contributed by atoms with E-state index in [-0.39, 0.29) is 6.10 Å². The fraction of sp³-hybridized carbons (Fsp3) is 0.500. The highest BCUT2D eigenvalue weighted by atomic mass is 16.5. The summed E-state index contributed by atoms with van der Waals surface area (Å²) in [6.07, 6.45) is 4.86. The Labute approximate surface area is 169 Å². The van der Waals surface area contributed by atoms with Gasteiger partial charge in [0.05, 0.1) is 18.3 Å². The molecule has 0 radical (unpaired) electrons. The molecule has 2 aromatic carbocycles. The number of ether oxygens (including phenoxy) is 2. The Morgan fingerprint density at radius 2 is 1.96 bits per heavy atom. The van der Waals surface area contributed by atoms with Crippen LogP contribution in [0.2, 0.25) is 0 Å². The van der Waals surface area contributed by atoms with Gasteiger partial charge in [0.1, 0.15) is 11.9 Å². The van der Waals surface area contributed by atoms with Crippen molar-refractivity contribution >= 4 is 11.4 Å². The van der Waals surface area contributed by atoms with Crippen molar-refractivity contribution in [3.05, 3.63) is 54.1 Å². The maximum Gasteiger partial charge on any atom is 0.143 e. The molecule has 0 aliphatic carbocycles. The third-order valence-electron chi connectivity index (χ3n) is 5.35. The van der Waals surface area contributed by atoms with Gasteiger partial charge in [-0.3, -0.25) is 0 Å². The lowest BCUT2D eigenvalue weighted by molar-refractivity contribution is 0.119. The van der Waals surface area contributed by atoms with Gasteiger partial charge < -0.3 is 19.7 Å². The molecular formula is C24H34N2O2. The first kappa shape index (κ1) is 20.5. The van der Waals surface area contributed by atoms with Crippen molar-refractivity contribution in [3.8, 4) is 5.75 Å². The molecule has 4 nitrogen and oxygen atoms in total. The predicted octanol–water partition coefficient (Wildman–Crippen LogP) is 5.13. The highest BCUT2D eigenvalue weighted by molar-refractivity contribution is 5.60. The summed E-state index contributed by atoms with van der Waals surface area (Å²) in [7, 11) is 1.76. The van der Waals surface area contributed by atoms with Crippen LogP contribution in [0.3, 0.4) is 0 Å². The van der Waals surface area contributed by atoms with Crippen LogP contribution < -0.4 is 15.0 Å². The molecule has 1 heterocycles. The number of benzene rings is 2. The fourth-order valence-electron chi connectivity index (χ4n) is 3.74. The van der Waals surface area contributed by atoms with E-state index in [4.69, 9.17) is 9.47 Å². The Morgan fingerprint density at radius 3 is 2.71 bits per heavy atom. The number of nitrogens with zero attached hydrogens (tertiary/aromatic N) is 1. The van der Waals surface area contributed by atoms with E-state index >= 15 is 0 Å². The van der Waals surface area contributed by atoms with Gasteiger partial charge in [0.15, 0.2) is 0 Å². The van der Waals surface area contributed by atoms with Crippen molar-refractivity contribution in [3.63, 3.8) is 0 Å². The Morgan fingerprint density at radius 1 is 1.18 bits per heavy atom. The van der Waals surface area contributed by atoms with Crippen LogP contribution in [0.15, 0.2) is 48.5 Å². The summed E-state index contributed by atoms with van der Waals surface area (Å²) in [4.78, 5) is 2.48. The number of para-hydroxylation sites is 2. The highest BCUT2D eigenvalue weighted by Gasteiger charge is 2.24. The minimum absolute atomic E-state index is 0.256. The van der Waals surface area contributed by atoms with Gasteiger partial charge >= 0.3 is 0 Å². The number of fused-ring (bicyclic) bond motifs is 1. The Kier molecular flexibility index (Phi) is 7.61. The molecule has 4 heteroatoms. The lowest BCUT2D eigenvalue weighted by Crippen LogP contribution is -2.40. The molecule has 1 aliphatic rings. The largest absolute Gasteiger partial charge is 0.486 e. The molecule has 0 bridgehead atoms. The Hall–Kier alpha value is -2.20. The van der Waals surface area contributed by atoms with Crippen molar-refractivity contribution in [2.75, 3.05) is 37.0 Å². The number of rotatable bonds is 10. The van der Waals surface area contributed by atoms with E-state index in [1.165, 1.54) is 16.9 Å². The first-order valence-electron chi connectivity index (χ1n) is 10.6. The van der Waals surface area contributed by atoms with Crippen molar-refractivity contribution < 1.29 is 9.47 Å². The van der Waals surface area contributed by atoms with Gasteiger partial charge in [-0.15, -0.1) is 0 Å². The summed E-state index contributed by atoms with van der Waals surface area (Å²) in [6.45, 7) is 7.31. The quantitative estimate of drug-likeness (QED) is 0.577. The zero-order chi connectivity index (χ0) is 19.8. The molecule has 3 rings (SSSR count). The van der Waals surface area contributed by atoms with Crippen LogP contribution in [0.1, 0.15) is 38.7 Å². The molecule has 1 aliphatic heterocycles. The summed E-state index contributed by atoms with van der Waals surface area (Å²) in [6, 6.07) is 17.1. The molecule has 0 saturated carbocycles. The molecule has 0 aromatic heterocycles. The summed E-state index contributed by atoms with van der Waals surface area (Å²) >= 11 is 0. The molecule has 152 valence electrons. The third kappa shape index (κ3) is 5.65. The minimum Gasteiger partial charge on any atom is -0.486 e. The van der Waals surface area contributed by atoms with E-state index in [2.05, 4.69) is 72.6 Å². The van der Waals surface area contributed by atoms with Gasteiger partial charge in [0.25, 0.3) is 0 Å². The van der Waals surface area contributed by atoms with Gasteiger partial charge in [-0.25, -0.2) is 0 Å². The fourth-order valence-corrected chi connectivity index (χ4v) is 3.74. The van der Waals surface area contributed by atoms with E-state index in [1.54, 1.807) is 7.11 Å². The van der Waals surface area contributed by atoms with Gasteiger partial charge in [0, 0.05) is 25.9 Å². The topological polar surface area (TPSA) is 33.7 Å². The molecule has 2 aromatic rings. The van der Waals surface area contributed by atoms with Crippen LogP contribution >= 0.6 is 0 Å². The zero-order valence-electron chi connectivity index (χ0n) is 17.5. The van der Waals surface area contributed by atoms with Crippen LogP contribution in [-0.4, -0.2) is 39.0 Å². The van der Waals surface area contributed by atoms with E-state index in [1.807, 2.05) is 0 Å². The molecule has 0 fully saturated rings. The maximum atomic E-state index is 6.16. The molecular weight excluding hydrogens is 348 g/mol.